The Morgan fingerprint density at radius 3 is 2.48 bits per heavy atom. The van der Waals surface area contributed by atoms with Crippen LogP contribution in [0.2, 0.25) is 0 Å². The van der Waals surface area contributed by atoms with Crippen LogP contribution in [-0.4, -0.2) is 56.8 Å². The van der Waals surface area contributed by atoms with Crippen LogP contribution in [0.4, 0.5) is 0 Å². The average Bonchev–Trinajstić information content (AvgIpc) is 3.08. The summed E-state index contributed by atoms with van der Waals surface area (Å²) in [7, 11) is 0. The minimum Gasteiger partial charge on any atom is -0.374 e. The van der Waals surface area contributed by atoms with Crippen LogP contribution in [0.3, 0.4) is 0 Å². The van der Waals surface area contributed by atoms with Gasteiger partial charge in [-0.15, -0.1) is 10.2 Å². The van der Waals surface area contributed by atoms with E-state index in [4.69, 9.17) is 10.5 Å². The number of primary amides is 1. The molecule has 8 nitrogen and oxygen atoms in total. The molecule has 2 amide bonds. The lowest BCUT2D eigenvalue weighted by atomic mass is 10.1. The van der Waals surface area contributed by atoms with Crippen molar-refractivity contribution in [1.29, 1.82) is 0 Å². The molecule has 1 aromatic carbocycles. The highest BCUT2D eigenvalue weighted by atomic mass is 16.5. The number of rotatable bonds is 3. The Kier molecular flexibility index (Phi) is 4.07. The predicted molar refractivity (Wildman–Crippen MR) is 80.8 cm³/mol. The maximum absolute atomic E-state index is 12.7. The van der Waals surface area contributed by atoms with Gasteiger partial charge in [-0.2, -0.15) is 0 Å². The van der Waals surface area contributed by atoms with Crippen LogP contribution < -0.4 is 5.73 Å². The maximum atomic E-state index is 12.7. The highest BCUT2D eigenvalue weighted by molar-refractivity contribution is 5.97. The van der Waals surface area contributed by atoms with E-state index in [1.807, 2.05) is 0 Å². The second-order valence-electron chi connectivity index (χ2n) is 5.34. The second kappa shape index (κ2) is 6.17. The number of ether oxygens (including phenoxy) is 1. The van der Waals surface area contributed by atoms with E-state index < -0.39 is 18.1 Å². The molecular formula is C15H17N5O3. The fraction of sp³-hybridized carbons (Fsp3) is 0.333. The molecule has 0 saturated carbocycles. The van der Waals surface area contributed by atoms with E-state index in [0.717, 1.165) is 5.69 Å². The highest BCUT2D eigenvalue weighted by Gasteiger charge is 2.36. The van der Waals surface area contributed by atoms with Crippen molar-refractivity contribution in [2.24, 2.45) is 5.73 Å². The molecule has 2 heterocycles. The Balaban J connectivity index is 1.83. The highest BCUT2D eigenvalue weighted by Crippen LogP contribution is 2.18. The second-order valence-corrected chi connectivity index (χ2v) is 5.34. The number of hydrogen-bond donors (Lipinski definition) is 1. The molecular weight excluding hydrogens is 298 g/mol. The minimum atomic E-state index is -0.756. The van der Waals surface area contributed by atoms with Crippen molar-refractivity contribution in [1.82, 2.24) is 19.7 Å². The lowest BCUT2D eigenvalue weighted by Gasteiger charge is -2.37. The monoisotopic (exact) mass is 315 g/mol. The summed E-state index contributed by atoms with van der Waals surface area (Å²) in [5.74, 6) is -0.800. The molecule has 0 spiro atoms. The van der Waals surface area contributed by atoms with E-state index in [9.17, 15) is 9.59 Å². The first-order valence-corrected chi connectivity index (χ1v) is 7.25. The molecule has 1 aromatic heterocycles. The Hall–Kier alpha value is -2.74. The van der Waals surface area contributed by atoms with Gasteiger partial charge in [-0.25, -0.2) is 0 Å². The van der Waals surface area contributed by atoms with Gasteiger partial charge in [0.15, 0.2) is 0 Å². The van der Waals surface area contributed by atoms with E-state index in [1.54, 1.807) is 48.4 Å². The predicted octanol–water partition coefficient (Wildman–Crippen LogP) is -0.0179. The molecule has 0 unspecified atom stereocenters. The number of benzene rings is 1. The molecule has 23 heavy (non-hydrogen) atoms. The molecule has 1 aliphatic rings. The van der Waals surface area contributed by atoms with E-state index in [-0.39, 0.29) is 5.91 Å². The van der Waals surface area contributed by atoms with Gasteiger partial charge in [0.1, 0.15) is 18.7 Å². The number of morpholine rings is 1. The van der Waals surface area contributed by atoms with Crippen LogP contribution in [0.25, 0.3) is 5.69 Å². The van der Waals surface area contributed by atoms with Crippen LogP contribution in [0, 0.1) is 0 Å². The largest absolute Gasteiger partial charge is 0.374 e. The van der Waals surface area contributed by atoms with Crippen LogP contribution >= 0.6 is 0 Å². The number of carbonyl (C=O) groups excluding carboxylic acids is 2. The number of aromatic nitrogens is 3. The summed E-state index contributed by atoms with van der Waals surface area (Å²) in [6.07, 6.45) is 2.73. The smallest absolute Gasteiger partial charge is 0.254 e. The van der Waals surface area contributed by atoms with Gasteiger partial charge in [0.25, 0.3) is 5.91 Å². The van der Waals surface area contributed by atoms with E-state index in [0.29, 0.717) is 18.7 Å². The van der Waals surface area contributed by atoms with Gasteiger partial charge in [-0.1, -0.05) is 0 Å². The topological polar surface area (TPSA) is 103 Å². The summed E-state index contributed by atoms with van der Waals surface area (Å²) in [6, 6.07) is 6.24. The molecule has 0 bridgehead atoms. The normalized spacial score (nSPS) is 21.2. The van der Waals surface area contributed by atoms with Crippen molar-refractivity contribution < 1.29 is 14.3 Å². The molecule has 2 N–H and O–H groups in total. The first kappa shape index (κ1) is 15.2. The fourth-order valence-electron chi connectivity index (χ4n) is 2.71. The fourth-order valence-corrected chi connectivity index (χ4v) is 2.71. The number of nitrogens with zero attached hydrogens (tertiary/aromatic N) is 4. The molecule has 0 radical (unpaired) electrons. The number of nitrogens with two attached hydrogens (primary N) is 1. The molecule has 1 saturated heterocycles. The molecule has 0 aliphatic carbocycles. The molecule has 120 valence electrons. The Labute approximate surface area is 132 Å². The first-order valence-electron chi connectivity index (χ1n) is 7.25. The lowest BCUT2D eigenvalue weighted by Crippen LogP contribution is -2.58. The Morgan fingerprint density at radius 1 is 1.22 bits per heavy atom. The minimum absolute atomic E-state index is 0.237. The molecule has 1 fully saturated rings. The summed E-state index contributed by atoms with van der Waals surface area (Å²) in [6.45, 7) is 2.46. The Bertz CT molecular complexity index is 698. The van der Waals surface area contributed by atoms with Gasteiger partial charge in [0.2, 0.25) is 5.91 Å². The van der Waals surface area contributed by atoms with Crippen molar-refractivity contribution in [3.8, 4) is 5.69 Å². The zero-order valence-electron chi connectivity index (χ0n) is 12.6. The molecule has 1 aliphatic heterocycles. The van der Waals surface area contributed by atoms with Crippen LogP contribution in [0.1, 0.15) is 17.3 Å². The summed E-state index contributed by atoms with van der Waals surface area (Å²) in [5, 5.41) is 7.48. The van der Waals surface area contributed by atoms with Crippen molar-refractivity contribution >= 4 is 11.8 Å². The summed E-state index contributed by atoms with van der Waals surface area (Å²) in [4.78, 5) is 25.8. The molecule has 2 aromatic rings. The van der Waals surface area contributed by atoms with Crippen molar-refractivity contribution in [2.75, 3.05) is 13.2 Å². The summed E-state index contributed by atoms with van der Waals surface area (Å²) in [5.41, 5.74) is 6.75. The van der Waals surface area contributed by atoms with Gasteiger partial charge < -0.3 is 15.4 Å². The quantitative estimate of drug-likeness (QED) is 0.857. The SMILES string of the molecule is C[C@H]1OCCN(C(=O)c2ccc(-n3cnnc3)cc2)[C@@H]1C(N)=O. The van der Waals surface area contributed by atoms with Crippen molar-refractivity contribution in [2.45, 2.75) is 19.1 Å². The maximum Gasteiger partial charge on any atom is 0.254 e. The summed E-state index contributed by atoms with van der Waals surface area (Å²) >= 11 is 0. The van der Waals surface area contributed by atoms with E-state index >= 15 is 0 Å². The zero-order chi connectivity index (χ0) is 16.4. The Morgan fingerprint density at radius 2 is 1.87 bits per heavy atom. The standard InChI is InChI=1S/C15H17N5O3/c1-10-13(14(16)21)20(6-7-23-10)15(22)11-2-4-12(5-3-11)19-8-17-18-9-19/h2-5,8-10,13H,6-7H2,1H3,(H2,16,21)/t10-,13+/m1/s1. The third-order valence-corrected chi connectivity index (χ3v) is 3.88. The average molecular weight is 315 g/mol. The zero-order valence-corrected chi connectivity index (χ0v) is 12.6. The van der Waals surface area contributed by atoms with Crippen LogP contribution in [-0.2, 0) is 9.53 Å². The van der Waals surface area contributed by atoms with Gasteiger partial charge in [-0.05, 0) is 31.2 Å². The number of carbonyl (C=O) groups is 2. The lowest BCUT2D eigenvalue weighted by molar-refractivity contribution is -0.132. The van der Waals surface area contributed by atoms with Gasteiger partial charge in [0.05, 0.1) is 12.7 Å². The number of hydrogen-bond acceptors (Lipinski definition) is 5. The van der Waals surface area contributed by atoms with Crippen molar-refractivity contribution in [3.05, 3.63) is 42.5 Å². The molecule has 2 atom stereocenters. The van der Waals surface area contributed by atoms with Crippen LogP contribution in [0.5, 0.6) is 0 Å². The molecule has 3 rings (SSSR count). The van der Waals surface area contributed by atoms with Gasteiger partial charge in [-0.3, -0.25) is 14.2 Å². The summed E-state index contributed by atoms with van der Waals surface area (Å²) < 4.78 is 7.16. The van der Waals surface area contributed by atoms with E-state index in [2.05, 4.69) is 10.2 Å². The first-order chi connectivity index (χ1) is 11.1. The van der Waals surface area contributed by atoms with E-state index in [1.165, 1.54) is 4.90 Å². The molecule has 8 heteroatoms. The van der Waals surface area contributed by atoms with Gasteiger partial charge >= 0.3 is 0 Å². The van der Waals surface area contributed by atoms with Crippen LogP contribution in [0.15, 0.2) is 36.9 Å². The number of amides is 2. The third kappa shape index (κ3) is 2.93. The van der Waals surface area contributed by atoms with Gasteiger partial charge in [0, 0.05) is 17.8 Å². The van der Waals surface area contributed by atoms with Crippen molar-refractivity contribution in [3.63, 3.8) is 0 Å². The third-order valence-electron chi connectivity index (χ3n) is 3.88.